The van der Waals surface area contributed by atoms with Gasteiger partial charge >= 0.3 is 5.97 Å². The van der Waals surface area contributed by atoms with Gasteiger partial charge in [-0.3, -0.25) is 0 Å². The van der Waals surface area contributed by atoms with Gasteiger partial charge in [0.05, 0.1) is 6.61 Å². The largest absolute Gasteiger partial charge is 0.462 e. The summed E-state index contributed by atoms with van der Waals surface area (Å²) in [6.07, 6.45) is 5.02. The number of carbonyl (C=O) groups excluding carboxylic acids is 1. The van der Waals surface area contributed by atoms with Gasteiger partial charge in [-0.2, -0.15) is 0 Å². The molecule has 0 spiro atoms. The van der Waals surface area contributed by atoms with Crippen LogP contribution in [-0.4, -0.2) is 12.6 Å². The Morgan fingerprint density at radius 2 is 2.19 bits per heavy atom. The fraction of sp³-hybridized carbons (Fsp3) is 0.786. The second-order valence-electron chi connectivity index (χ2n) is 5.42. The molecule has 0 saturated heterocycles. The van der Waals surface area contributed by atoms with Gasteiger partial charge in [0.2, 0.25) is 0 Å². The van der Waals surface area contributed by atoms with Gasteiger partial charge in [-0.25, -0.2) is 4.79 Å². The Morgan fingerprint density at radius 1 is 1.50 bits per heavy atom. The van der Waals surface area contributed by atoms with Gasteiger partial charge in [-0.1, -0.05) is 33.8 Å². The number of hydrogen-bond donors (Lipinski definition) is 0. The molecule has 1 rings (SSSR count). The van der Waals surface area contributed by atoms with E-state index in [2.05, 4.69) is 27.4 Å². The highest BCUT2D eigenvalue weighted by Crippen LogP contribution is 2.38. The van der Waals surface area contributed by atoms with Crippen LogP contribution >= 0.6 is 0 Å². The molecule has 1 aliphatic rings. The minimum atomic E-state index is -0.291. The van der Waals surface area contributed by atoms with Crippen molar-refractivity contribution >= 4 is 5.97 Å². The molecule has 1 saturated carbocycles. The van der Waals surface area contributed by atoms with Gasteiger partial charge in [0, 0.05) is 6.08 Å². The Balaban J connectivity index is 2.50. The smallest absolute Gasteiger partial charge is 0.330 e. The highest BCUT2D eigenvalue weighted by Gasteiger charge is 2.31. The van der Waals surface area contributed by atoms with Crippen LogP contribution in [0.5, 0.6) is 0 Å². The molecular formula is C14H24O2. The molecule has 2 nitrogen and oxygen atoms in total. The second kappa shape index (κ2) is 6.07. The monoisotopic (exact) mass is 224 g/mol. The molecule has 2 heteroatoms. The SMILES string of the molecule is C=CC(=O)OCC1CC(C)CCC1C(C)C. The van der Waals surface area contributed by atoms with Gasteiger partial charge in [-0.15, -0.1) is 0 Å². The fourth-order valence-corrected chi connectivity index (χ4v) is 2.84. The molecule has 0 bridgehead atoms. The summed E-state index contributed by atoms with van der Waals surface area (Å²) in [7, 11) is 0. The summed E-state index contributed by atoms with van der Waals surface area (Å²) in [5, 5.41) is 0. The highest BCUT2D eigenvalue weighted by molar-refractivity contribution is 5.81. The summed E-state index contributed by atoms with van der Waals surface area (Å²) >= 11 is 0. The molecule has 0 amide bonds. The van der Waals surface area contributed by atoms with Crippen LogP contribution in [0, 0.1) is 23.7 Å². The molecule has 3 atom stereocenters. The summed E-state index contributed by atoms with van der Waals surface area (Å²) in [6, 6.07) is 0. The molecule has 3 unspecified atom stereocenters. The van der Waals surface area contributed by atoms with Crippen LogP contribution in [0.3, 0.4) is 0 Å². The molecular weight excluding hydrogens is 200 g/mol. The van der Waals surface area contributed by atoms with Crippen molar-refractivity contribution < 1.29 is 9.53 Å². The Bertz CT molecular complexity index is 245. The minimum absolute atomic E-state index is 0.291. The lowest BCUT2D eigenvalue weighted by atomic mass is 9.70. The first kappa shape index (κ1) is 13.3. The first-order chi connectivity index (χ1) is 7.54. The van der Waals surface area contributed by atoms with E-state index in [1.807, 2.05) is 0 Å². The van der Waals surface area contributed by atoms with Crippen LogP contribution in [-0.2, 0) is 9.53 Å². The van der Waals surface area contributed by atoms with Gasteiger partial charge in [0.25, 0.3) is 0 Å². The van der Waals surface area contributed by atoms with Crippen LogP contribution in [0.1, 0.15) is 40.0 Å². The lowest BCUT2D eigenvalue weighted by molar-refractivity contribution is -0.140. The minimum Gasteiger partial charge on any atom is -0.462 e. The Morgan fingerprint density at radius 3 is 2.75 bits per heavy atom. The van der Waals surface area contributed by atoms with E-state index < -0.39 is 0 Å². The predicted molar refractivity (Wildman–Crippen MR) is 66.0 cm³/mol. The van der Waals surface area contributed by atoms with Gasteiger partial charge < -0.3 is 4.74 Å². The summed E-state index contributed by atoms with van der Waals surface area (Å²) in [5.41, 5.74) is 0. The number of ether oxygens (including phenoxy) is 1. The van der Waals surface area contributed by atoms with E-state index in [1.165, 1.54) is 25.3 Å². The Kier molecular flexibility index (Phi) is 5.04. The number of hydrogen-bond acceptors (Lipinski definition) is 2. The molecule has 92 valence electrons. The maximum absolute atomic E-state index is 11.1. The van der Waals surface area contributed by atoms with Crippen LogP contribution in [0.15, 0.2) is 12.7 Å². The molecule has 1 fully saturated rings. The lowest BCUT2D eigenvalue weighted by Crippen LogP contribution is -2.31. The maximum atomic E-state index is 11.1. The van der Waals surface area contributed by atoms with Crippen molar-refractivity contribution in [3.8, 4) is 0 Å². The van der Waals surface area contributed by atoms with Crippen molar-refractivity contribution in [2.45, 2.75) is 40.0 Å². The van der Waals surface area contributed by atoms with Crippen molar-refractivity contribution in [1.29, 1.82) is 0 Å². The zero-order chi connectivity index (χ0) is 12.1. The molecule has 0 aromatic rings. The van der Waals surface area contributed by atoms with Gasteiger partial charge in [0.15, 0.2) is 0 Å². The average molecular weight is 224 g/mol. The van der Waals surface area contributed by atoms with Crippen molar-refractivity contribution in [2.75, 3.05) is 6.61 Å². The number of esters is 1. The van der Waals surface area contributed by atoms with E-state index in [9.17, 15) is 4.79 Å². The third-order valence-corrected chi connectivity index (χ3v) is 3.77. The Hall–Kier alpha value is -0.790. The summed E-state index contributed by atoms with van der Waals surface area (Å²) in [5.74, 6) is 2.39. The third-order valence-electron chi connectivity index (χ3n) is 3.77. The Labute approximate surface area is 99.1 Å². The quantitative estimate of drug-likeness (QED) is 0.540. The van der Waals surface area contributed by atoms with Crippen molar-refractivity contribution in [3.05, 3.63) is 12.7 Å². The average Bonchev–Trinajstić information content (AvgIpc) is 2.25. The topological polar surface area (TPSA) is 26.3 Å². The lowest BCUT2D eigenvalue weighted by Gasteiger charge is -2.36. The molecule has 0 radical (unpaired) electrons. The van der Waals surface area contributed by atoms with Crippen molar-refractivity contribution in [3.63, 3.8) is 0 Å². The van der Waals surface area contributed by atoms with Crippen molar-refractivity contribution in [2.24, 2.45) is 23.7 Å². The normalized spacial score (nSPS) is 30.1. The van der Waals surface area contributed by atoms with E-state index in [0.29, 0.717) is 24.4 Å². The van der Waals surface area contributed by atoms with E-state index in [0.717, 1.165) is 5.92 Å². The molecule has 0 aliphatic heterocycles. The number of rotatable bonds is 4. The van der Waals surface area contributed by atoms with Crippen LogP contribution in [0.2, 0.25) is 0 Å². The van der Waals surface area contributed by atoms with Gasteiger partial charge in [0.1, 0.15) is 0 Å². The van der Waals surface area contributed by atoms with E-state index >= 15 is 0 Å². The van der Waals surface area contributed by atoms with Crippen LogP contribution < -0.4 is 0 Å². The van der Waals surface area contributed by atoms with Crippen molar-refractivity contribution in [1.82, 2.24) is 0 Å². The molecule has 1 aliphatic carbocycles. The molecule has 16 heavy (non-hydrogen) atoms. The van der Waals surface area contributed by atoms with E-state index in [4.69, 9.17) is 4.74 Å². The van der Waals surface area contributed by atoms with E-state index in [-0.39, 0.29) is 5.97 Å². The first-order valence-corrected chi connectivity index (χ1v) is 6.33. The molecule has 0 N–H and O–H groups in total. The maximum Gasteiger partial charge on any atom is 0.330 e. The standard InChI is InChI=1S/C14H24O2/c1-5-14(15)16-9-12-8-11(4)6-7-13(12)10(2)3/h5,10-13H,1,6-9H2,2-4H3. The summed E-state index contributed by atoms with van der Waals surface area (Å²) < 4.78 is 5.20. The first-order valence-electron chi connectivity index (χ1n) is 6.33. The zero-order valence-electron chi connectivity index (χ0n) is 10.7. The van der Waals surface area contributed by atoms with Gasteiger partial charge in [-0.05, 0) is 36.5 Å². The third kappa shape index (κ3) is 3.66. The molecule has 0 aromatic heterocycles. The molecule has 0 aromatic carbocycles. The van der Waals surface area contributed by atoms with Crippen LogP contribution in [0.4, 0.5) is 0 Å². The number of carbonyl (C=O) groups is 1. The summed E-state index contributed by atoms with van der Waals surface area (Å²) in [6.45, 7) is 10.8. The highest BCUT2D eigenvalue weighted by atomic mass is 16.5. The van der Waals surface area contributed by atoms with Crippen LogP contribution in [0.25, 0.3) is 0 Å². The molecule has 0 heterocycles. The second-order valence-corrected chi connectivity index (χ2v) is 5.42. The van der Waals surface area contributed by atoms with E-state index in [1.54, 1.807) is 0 Å². The fourth-order valence-electron chi connectivity index (χ4n) is 2.84. The zero-order valence-corrected chi connectivity index (χ0v) is 10.7. The predicted octanol–water partition coefficient (Wildman–Crippen LogP) is 3.42. The summed E-state index contributed by atoms with van der Waals surface area (Å²) in [4.78, 5) is 11.1.